The highest BCUT2D eigenvalue weighted by molar-refractivity contribution is 5.81. The van der Waals surface area contributed by atoms with Crippen molar-refractivity contribution in [2.45, 2.75) is 0 Å². The average Bonchev–Trinajstić information content (AvgIpc) is 2.18. The summed E-state index contributed by atoms with van der Waals surface area (Å²) in [6.45, 7) is 0. The van der Waals surface area contributed by atoms with Gasteiger partial charge in [0.05, 0.1) is 0 Å². The molecule has 0 amide bonds. The van der Waals surface area contributed by atoms with Gasteiger partial charge >= 0.3 is 0 Å². The van der Waals surface area contributed by atoms with Crippen LogP contribution >= 0.6 is 0 Å². The predicted octanol–water partition coefficient (Wildman–Crippen LogP) is 0.0437. The largest absolute Gasteiger partial charge is 0.382 e. The molecule has 2 heterocycles. The Morgan fingerprint density at radius 3 is 2.77 bits per heavy atom. The molecular weight excluding hydrogens is 168 g/mol. The highest BCUT2D eigenvalue weighted by Crippen LogP contribution is 2.13. The number of nitrogens with zero attached hydrogens (tertiary/aromatic N) is 4. The zero-order valence-corrected chi connectivity index (χ0v) is 7.02. The van der Waals surface area contributed by atoms with Crippen LogP contribution in [0.3, 0.4) is 0 Å². The summed E-state index contributed by atoms with van der Waals surface area (Å²) in [4.78, 5) is 16.1. The molecule has 0 saturated heterocycles. The summed E-state index contributed by atoms with van der Waals surface area (Å²) in [5.74, 6) is 0.785. The summed E-state index contributed by atoms with van der Waals surface area (Å²) < 4.78 is 0. The van der Waals surface area contributed by atoms with E-state index in [1.54, 1.807) is 19.4 Å². The molecule has 0 fully saturated rings. The van der Waals surface area contributed by atoms with Crippen LogP contribution in [-0.4, -0.2) is 27.0 Å². The molecule has 0 spiro atoms. The van der Waals surface area contributed by atoms with Crippen LogP contribution in [0.4, 0.5) is 11.8 Å². The summed E-state index contributed by atoms with van der Waals surface area (Å²) in [6.07, 6.45) is 3.12. The molecule has 13 heavy (non-hydrogen) atoms. The third kappa shape index (κ3) is 1.22. The highest BCUT2D eigenvalue weighted by Gasteiger charge is 2.04. The molecule has 66 valence electrons. The van der Waals surface area contributed by atoms with Gasteiger partial charge in [-0.1, -0.05) is 0 Å². The maximum atomic E-state index is 5.64. The van der Waals surface area contributed by atoms with E-state index in [4.69, 9.17) is 5.73 Å². The van der Waals surface area contributed by atoms with E-state index in [9.17, 15) is 0 Å². The molecule has 6 nitrogen and oxygen atoms in total. The molecule has 0 aliphatic heterocycles. The van der Waals surface area contributed by atoms with Crippen LogP contribution < -0.4 is 11.1 Å². The molecule has 2 rings (SSSR count). The SMILES string of the molecule is CNc1nc(N)c2nccnc2n1. The number of anilines is 2. The van der Waals surface area contributed by atoms with Gasteiger partial charge in [0.25, 0.3) is 0 Å². The van der Waals surface area contributed by atoms with Crippen molar-refractivity contribution in [3.05, 3.63) is 12.4 Å². The monoisotopic (exact) mass is 176 g/mol. The number of hydrogen-bond donors (Lipinski definition) is 2. The number of aromatic nitrogens is 4. The van der Waals surface area contributed by atoms with Gasteiger partial charge in [-0.15, -0.1) is 0 Å². The molecule has 0 bridgehead atoms. The van der Waals surface area contributed by atoms with Gasteiger partial charge < -0.3 is 11.1 Å². The summed E-state index contributed by atoms with van der Waals surface area (Å²) in [5.41, 5.74) is 6.67. The van der Waals surface area contributed by atoms with Crippen molar-refractivity contribution in [2.75, 3.05) is 18.1 Å². The summed E-state index contributed by atoms with van der Waals surface area (Å²) in [6, 6.07) is 0. The van der Waals surface area contributed by atoms with Gasteiger partial charge in [0.15, 0.2) is 11.5 Å². The Morgan fingerprint density at radius 1 is 1.23 bits per heavy atom. The van der Waals surface area contributed by atoms with E-state index in [1.165, 1.54) is 0 Å². The molecule has 0 unspecified atom stereocenters. The van der Waals surface area contributed by atoms with Crippen molar-refractivity contribution >= 4 is 22.9 Å². The Bertz CT molecular complexity index is 440. The standard InChI is InChI=1S/C7H8N6/c1-9-7-12-5(8)4-6(13-7)11-3-2-10-4/h2-3H,1H3,(H3,8,9,11,12,13). The second kappa shape index (κ2) is 2.81. The number of nitrogen functional groups attached to an aromatic ring is 1. The maximum Gasteiger partial charge on any atom is 0.226 e. The van der Waals surface area contributed by atoms with Crippen LogP contribution in [0.2, 0.25) is 0 Å². The zero-order valence-electron chi connectivity index (χ0n) is 7.02. The number of fused-ring (bicyclic) bond motifs is 1. The lowest BCUT2D eigenvalue weighted by atomic mass is 10.5. The van der Waals surface area contributed by atoms with E-state index in [2.05, 4.69) is 25.3 Å². The Labute approximate surface area is 74.2 Å². The molecular formula is C7H8N6. The lowest BCUT2D eigenvalue weighted by Crippen LogP contribution is -2.02. The lowest BCUT2D eigenvalue weighted by molar-refractivity contribution is 1.14. The van der Waals surface area contributed by atoms with Crippen LogP contribution in [-0.2, 0) is 0 Å². The van der Waals surface area contributed by atoms with Crippen LogP contribution in [0.5, 0.6) is 0 Å². The lowest BCUT2D eigenvalue weighted by Gasteiger charge is -2.01. The summed E-state index contributed by atoms with van der Waals surface area (Å²) >= 11 is 0. The molecule has 3 N–H and O–H groups in total. The van der Waals surface area contributed by atoms with Crippen LogP contribution in [0.25, 0.3) is 11.2 Å². The van der Waals surface area contributed by atoms with Gasteiger partial charge in [-0.2, -0.15) is 9.97 Å². The minimum Gasteiger partial charge on any atom is -0.382 e. The number of nitrogens with one attached hydrogen (secondary N) is 1. The van der Waals surface area contributed by atoms with E-state index in [0.29, 0.717) is 22.9 Å². The van der Waals surface area contributed by atoms with Crippen molar-refractivity contribution in [3.8, 4) is 0 Å². The summed E-state index contributed by atoms with van der Waals surface area (Å²) in [5, 5.41) is 2.79. The van der Waals surface area contributed by atoms with E-state index in [-0.39, 0.29) is 0 Å². The Morgan fingerprint density at radius 2 is 2.00 bits per heavy atom. The fourth-order valence-electron chi connectivity index (χ4n) is 0.997. The molecule has 2 aromatic rings. The third-order valence-electron chi connectivity index (χ3n) is 1.58. The normalized spacial score (nSPS) is 10.2. The van der Waals surface area contributed by atoms with Crippen LogP contribution in [0, 0.1) is 0 Å². The first-order valence-corrected chi connectivity index (χ1v) is 3.73. The maximum absolute atomic E-state index is 5.64. The molecule has 6 heteroatoms. The van der Waals surface area contributed by atoms with E-state index in [0.717, 1.165) is 0 Å². The van der Waals surface area contributed by atoms with Gasteiger partial charge in [0.2, 0.25) is 5.95 Å². The van der Waals surface area contributed by atoms with Gasteiger partial charge in [0, 0.05) is 19.4 Å². The first-order valence-electron chi connectivity index (χ1n) is 3.73. The Hall–Kier alpha value is -1.98. The molecule has 0 saturated carbocycles. The summed E-state index contributed by atoms with van der Waals surface area (Å²) in [7, 11) is 1.72. The van der Waals surface area contributed by atoms with Gasteiger partial charge in [0.1, 0.15) is 5.52 Å². The highest BCUT2D eigenvalue weighted by atomic mass is 15.1. The van der Waals surface area contributed by atoms with Gasteiger partial charge in [-0.25, -0.2) is 9.97 Å². The Kier molecular flexibility index (Phi) is 1.66. The van der Waals surface area contributed by atoms with E-state index < -0.39 is 0 Å². The van der Waals surface area contributed by atoms with Crippen molar-refractivity contribution < 1.29 is 0 Å². The predicted molar refractivity (Wildman–Crippen MR) is 49.1 cm³/mol. The first-order chi connectivity index (χ1) is 6.31. The van der Waals surface area contributed by atoms with Crippen molar-refractivity contribution in [3.63, 3.8) is 0 Å². The molecule has 0 aliphatic rings. The third-order valence-corrected chi connectivity index (χ3v) is 1.58. The fraction of sp³-hybridized carbons (Fsp3) is 0.143. The second-order valence-corrected chi connectivity index (χ2v) is 2.41. The zero-order chi connectivity index (χ0) is 9.26. The smallest absolute Gasteiger partial charge is 0.226 e. The number of rotatable bonds is 1. The van der Waals surface area contributed by atoms with Crippen molar-refractivity contribution in [1.29, 1.82) is 0 Å². The molecule has 0 atom stereocenters. The molecule has 0 radical (unpaired) electrons. The molecule has 2 aromatic heterocycles. The quantitative estimate of drug-likeness (QED) is 0.637. The van der Waals surface area contributed by atoms with Crippen molar-refractivity contribution in [2.24, 2.45) is 0 Å². The van der Waals surface area contributed by atoms with Crippen LogP contribution in [0.1, 0.15) is 0 Å². The van der Waals surface area contributed by atoms with Gasteiger partial charge in [-0.05, 0) is 0 Å². The van der Waals surface area contributed by atoms with Crippen molar-refractivity contribution in [1.82, 2.24) is 19.9 Å². The molecule has 0 aromatic carbocycles. The minimum atomic E-state index is 0.336. The fourth-order valence-corrected chi connectivity index (χ4v) is 0.997. The average molecular weight is 176 g/mol. The first kappa shape index (κ1) is 7.66. The number of hydrogen-bond acceptors (Lipinski definition) is 6. The Balaban J connectivity index is 2.77. The van der Waals surface area contributed by atoms with E-state index >= 15 is 0 Å². The number of nitrogens with two attached hydrogens (primary N) is 1. The topological polar surface area (TPSA) is 89.6 Å². The van der Waals surface area contributed by atoms with Crippen LogP contribution in [0.15, 0.2) is 12.4 Å². The minimum absolute atomic E-state index is 0.336. The van der Waals surface area contributed by atoms with E-state index in [1.807, 2.05) is 0 Å². The van der Waals surface area contributed by atoms with Gasteiger partial charge in [-0.3, -0.25) is 0 Å². The molecule has 0 aliphatic carbocycles. The second-order valence-electron chi connectivity index (χ2n) is 2.41.